The smallest absolute Gasteiger partial charge is 0.147 e. The Morgan fingerprint density at radius 3 is 3.00 bits per heavy atom. The van der Waals surface area contributed by atoms with Gasteiger partial charge in [-0.2, -0.15) is 0 Å². The molecule has 0 aliphatic carbocycles. The highest BCUT2D eigenvalue weighted by Gasteiger charge is 2.02. The molecule has 2 aromatic rings. The molecular weight excluding hydrogens is 221 g/mol. The number of hydrogen-bond donors (Lipinski definition) is 1. The lowest BCUT2D eigenvalue weighted by atomic mass is 10.2. The normalized spacial score (nSPS) is 10.8. The van der Waals surface area contributed by atoms with Gasteiger partial charge in [-0.25, -0.2) is 4.39 Å². The molecule has 3 heteroatoms. The minimum Gasteiger partial charge on any atom is -0.359 e. The summed E-state index contributed by atoms with van der Waals surface area (Å²) in [6, 6.07) is 5.36. The molecular formula is C9H7BrFN. The summed E-state index contributed by atoms with van der Waals surface area (Å²) in [6.07, 6.45) is 1.74. The summed E-state index contributed by atoms with van der Waals surface area (Å²) < 4.78 is 13.2. The maximum absolute atomic E-state index is 13.2. The number of aromatic amines is 1. The molecule has 1 N–H and O–H groups in total. The van der Waals surface area contributed by atoms with Gasteiger partial charge in [-0.1, -0.05) is 15.9 Å². The summed E-state index contributed by atoms with van der Waals surface area (Å²) in [5.41, 5.74) is 1.54. The summed E-state index contributed by atoms with van der Waals surface area (Å²) in [5.74, 6) is -0.188. The molecule has 0 atom stereocenters. The van der Waals surface area contributed by atoms with Gasteiger partial charge in [-0.15, -0.1) is 0 Å². The van der Waals surface area contributed by atoms with Crippen LogP contribution in [0.3, 0.4) is 0 Å². The van der Waals surface area contributed by atoms with E-state index in [1.165, 1.54) is 6.07 Å². The van der Waals surface area contributed by atoms with Crippen molar-refractivity contribution < 1.29 is 4.39 Å². The molecule has 0 saturated heterocycles. The van der Waals surface area contributed by atoms with Crippen molar-refractivity contribution in [3.63, 3.8) is 0 Å². The summed E-state index contributed by atoms with van der Waals surface area (Å²) in [4.78, 5) is 2.85. The van der Waals surface area contributed by atoms with Crippen LogP contribution >= 0.6 is 15.9 Å². The van der Waals surface area contributed by atoms with E-state index < -0.39 is 0 Å². The molecule has 0 aliphatic rings. The Hall–Kier alpha value is -0.830. The van der Waals surface area contributed by atoms with Crippen LogP contribution in [-0.4, -0.2) is 4.98 Å². The summed E-state index contributed by atoms with van der Waals surface area (Å²) >= 11 is 3.29. The number of halogens is 2. The third-order valence-electron chi connectivity index (χ3n) is 1.83. The largest absolute Gasteiger partial charge is 0.359 e. The molecule has 1 aromatic carbocycles. The third-order valence-corrected chi connectivity index (χ3v) is 2.47. The molecule has 0 fully saturated rings. The van der Waals surface area contributed by atoms with Gasteiger partial charge in [0.25, 0.3) is 0 Å². The number of H-pyrrole nitrogens is 1. The average Bonchev–Trinajstić information content (AvgIpc) is 2.52. The fourth-order valence-electron chi connectivity index (χ4n) is 1.26. The molecule has 62 valence electrons. The molecule has 1 nitrogen and oxygen atoms in total. The van der Waals surface area contributed by atoms with E-state index in [1.54, 1.807) is 6.20 Å². The number of fused-ring (bicyclic) bond motifs is 1. The maximum atomic E-state index is 13.2. The molecule has 2 rings (SSSR count). The van der Waals surface area contributed by atoms with Gasteiger partial charge in [0.2, 0.25) is 0 Å². The number of rotatable bonds is 1. The number of alkyl halides is 1. The molecule has 0 amide bonds. The van der Waals surface area contributed by atoms with E-state index in [-0.39, 0.29) is 5.82 Å². The van der Waals surface area contributed by atoms with E-state index in [0.717, 1.165) is 10.9 Å². The van der Waals surface area contributed by atoms with E-state index in [9.17, 15) is 4.39 Å². The van der Waals surface area contributed by atoms with E-state index >= 15 is 0 Å². The van der Waals surface area contributed by atoms with Gasteiger partial charge in [0.15, 0.2) is 0 Å². The molecule has 12 heavy (non-hydrogen) atoms. The summed E-state index contributed by atoms with van der Waals surface area (Å²) in [5, 5.41) is 1.61. The van der Waals surface area contributed by atoms with Crippen LogP contribution in [0.15, 0.2) is 24.4 Å². The van der Waals surface area contributed by atoms with Crippen LogP contribution in [-0.2, 0) is 5.33 Å². The zero-order chi connectivity index (χ0) is 8.55. The van der Waals surface area contributed by atoms with Crippen molar-refractivity contribution in [1.29, 1.82) is 0 Å². The minimum atomic E-state index is -0.188. The Balaban J connectivity index is 2.75. The van der Waals surface area contributed by atoms with Crippen LogP contribution in [0.5, 0.6) is 0 Å². The van der Waals surface area contributed by atoms with Crippen LogP contribution in [0.4, 0.5) is 4.39 Å². The molecule has 0 bridgehead atoms. The Bertz CT molecular complexity index is 408. The topological polar surface area (TPSA) is 15.8 Å². The predicted molar refractivity (Wildman–Crippen MR) is 50.9 cm³/mol. The molecule has 1 aromatic heterocycles. The highest BCUT2D eigenvalue weighted by atomic mass is 79.9. The lowest BCUT2D eigenvalue weighted by molar-refractivity contribution is 0.636. The second-order valence-electron chi connectivity index (χ2n) is 2.65. The van der Waals surface area contributed by atoms with Crippen molar-refractivity contribution in [1.82, 2.24) is 4.98 Å². The van der Waals surface area contributed by atoms with Crippen molar-refractivity contribution in [2.24, 2.45) is 0 Å². The molecule has 0 saturated carbocycles. The van der Waals surface area contributed by atoms with E-state index in [4.69, 9.17) is 0 Å². The lowest BCUT2D eigenvalue weighted by Crippen LogP contribution is -1.82. The first kappa shape index (κ1) is 7.80. The number of nitrogens with one attached hydrogen (secondary N) is 1. The van der Waals surface area contributed by atoms with Crippen molar-refractivity contribution in [2.45, 2.75) is 5.33 Å². The first-order valence-electron chi connectivity index (χ1n) is 3.63. The predicted octanol–water partition coefficient (Wildman–Crippen LogP) is 3.20. The highest BCUT2D eigenvalue weighted by molar-refractivity contribution is 9.08. The van der Waals surface area contributed by atoms with Crippen LogP contribution in [0, 0.1) is 5.82 Å². The summed E-state index contributed by atoms with van der Waals surface area (Å²) in [6.45, 7) is 0. The van der Waals surface area contributed by atoms with Crippen molar-refractivity contribution in [2.75, 3.05) is 0 Å². The van der Waals surface area contributed by atoms with Gasteiger partial charge < -0.3 is 4.98 Å². The van der Waals surface area contributed by atoms with Crippen molar-refractivity contribution >= 4 is 26.8 Å². The Morgan fingerprint density at radius 2 is 2.25 bits per heavy atom. The van der Waals surface area contributed by atoms with Crippen LogP contribution in [0.2, 0.25) is 0 Å². The average molecular weight is 228 g/mol. The van der Waals surface area contributed by atoms with Crippen LogP contribution < -0.4 is 0 Å². The monoisotopic (exact) mass is 227 g/mol. The van der Waals surface area contributed by atoms with Gasteiger partial charge in [0, 0.05) is 16.9 Å². The fourth-order valence-corrected chi connectivity index (χ4v) is 1.59. The van der Waals surface area contributed by atoms with Gasteiger partial charge in [0.1, 0.15) is 5.82 Å². The molecule has 1 heterocycles. The second-order valence-corrected chi connectivity index (χ2v) is 3.21. The second kappa shape index (κ2) is 2.90. The van der Waals surface area contributed by atoms with Crippen LogP contribution in [0.1, 0.15) is 5.56 Å². The third kappa shape index (κ3) is 1.14. The van der Waals surface area contributed by atoms with Gasteiger partial charge >= 0.3 is 0 Å². The minimum absolute atomic E-state index is 0.188. The quantitative estimate of drug-likeness (QED) is 0.721. The van der Waals surface area contributed by atoms with Gasteiger partial charge in [0.05, 0.1) is 5.52 Å². The number of benzene rings is 1. The van der Waals surface area contributed by atoms with E-state index in [1.807, 2.05) is 12.1 Å². The van der Waals surface area contributed by atoms with Crippen molar-refractivity contribution in [3.05, 3.63) is 35.8 Å². The Kier molecular flexibility index (Phi) is 1.89. The molecule has 0 radical (unpaired) electrons. The summed E-state index contributed by atoms with van der Waals surface area (Å²) in [7, 11) is 0. The lowest BCUT2D eigenvalue weighted by Gasteiger charge is -1.97. The molecule has 0 spiro atoms. The maximum Gasteiger partial charge on any atom is 0.147 e. The van der Waals surface area contributed by atoms with Gasteiger partial charge in [-0.05, 0) is 23.8 Å². The standard InChI is InChI=1S/C9H7BrFN/c10-5-6-3-7-1-2-12-9(7)8(11)4-6/h1-4,12H,5H2. The van der Waals surface area contributed by atoms with E-state index in [2.05, 4.69) is 20.9 Å². The Labute approximate surface area is 77.7 Å². The zero-order valence-corrected chi connectivity index (χ0v) is 7.86. The first-order valence-corrected chi connectivity index (χ1v) is 4.75. The van der Waals surface area contributed by atoms with Crippen LogP contribution in [0.25, 0.3) is 10.9 Å². The van der Waals surface area contributed by atoms with E-state index in [0.29, 0.717) is 10.8 Å². The highest BCUT2D eigenvalue weighted by Crippen LogP contribution is 2.19. The van der Waals surface area contributed by atoms with Gasteiger partial charge in [-0.3, -0.25) is 0 Å². The SMILES string of the molecule is Fc1cc(CBr)cc2cc[nH]c12. The zero-order valence-electron chi connectivity index (χ0n) is 6.27. The number of hydrogen-bond acceptors (Lipinski definition) is 0. The fraction of sp³-hybridized carbons (Fsp3) is 0.111. The Morgan fingerprint density at radius 1 is 1.42 bits per heavy atom. The molecule has 0 aliphatic heterocycles. The van der Waals surface area contributed by atoms with Crippen molar-refractivity contribution in [3.8, 4) is 0 Å². The number of aromatic nitrogens is 1. The first-order chi connectivity index (χ1) is 5.81. The molecule has 0 unspecified atom stereocenters.